The van der Waals surface area contributed by atoms with E-state index in [-0.39, 0.29) is 6.09 Å². The second-order valence-corrected chi connectivity index (χ2v) is 6.62. The van der Waals surface area contributed by atoms with Crippen molar-refractivity contribution in [3.63, 3.8) is 0 Å². The summed E-state index contributed by atoms with van der Waals surface area (Å²) in [6.45, 7) is 8.44. The summed E-state index contributed by atoms with van der Waals surface area (Å²) < 4.78 is 7.30. The van der Waals surface area contributed by atoms with E-state index < -0.39 is 5.60 Å². The lowest BCUT2D eigenvalue weighted by Gasteiger charge is -2.26. The maximum absolute atomic E-state index is 12.2. The Morgan fingerprint density at radius 3 is 2.83 bits per heavy atom. The van der Waals surface area contributed by atoms with Crippen molar-refractivity contribution in [2.75, 3.05) is 31.1 Å². The number of hydrogen-bond donors (Lipinski definition) is 0. The highest BCUT2D eigenvalue weighted by atomic mass is 16.6. The molecular formula is C15H22N6O2. The van der Waals surface area contributed by atoms with Crippen LogP contribution in [0.2, 0.25) is 0 Å². The van der Waals surface area contributed by atoms with Crippen LogP contribution >= 0.6 is 0 Å². The SMILES string of the molecule is CC(C)(C)OC(=O)N1CCCN(c2nccn3cnnc23)CC1. The molecule has 23 heavy (non-hydrogen) atoms. The number of aromatic nitrogens is 4. The number of rotatable bonds is 1. The summed E-state index contributed by atoms with van der Waals surface area (Å²) in [5.41, 5.74) is 0.260. The number of anilines is 1. The molecule has 0 atom stereocenters. The molecule has 0 radical (unpaired) electrons. The van der Waals surface area contributed by atoms with Crippen LogP contribution in [0.15, 0.2) is 18.7 Å². The first-order valence-corrected chi connectivity index (χ1v) is 7.81. The minimum atomic E-state index is -0.474. The normalized spacial score (nSPS) is 16.5. The van der Waals surface area contributed by atoms with E-state index in [9.17, 15) is 4.79 Å². The Bertz CT molecular complexity index is 693. The Morgan fingerprint density at radius 2 is 2.04 bits per heavy atom. The Kier molecular flexibility index (Phi) is 4.06. The minimum Gasteiger partial charge on any atom is -0.444 e. The minimum absolute atomic E-state index is 0.256. The van der Waals surface area contributed by atoms with E-state index in [2.05, 4.69) is 20.1 Å². The fourth-order valence-electron chi connectivity index (χ4n) is 2.61. The summed E-state index contributed by atoms with van der Waals surface area (Å²) in [6.07, 6.45) is 5.82. The van der Waals surface area contributed by atoms with Gasteiger partial charge < -0.3 is 14.5 Å². The third-order valence-electron chi connectivity index (χ3n) is 3.64. The van der Waals surface area contributed by atoms with Crippen LogP contribution in [0.4, 0.5) is 10.6 Å². The van der Waals surface area contributed by atoms with E-state index in [1.165, 1.54) is 0 Å². The number of amides is 1. The molecule has 124 valence electrons. The van der Waals surface area contributed by atoms with E-state index in [1.807, 2.05) is 31.4 Å². The van der Waals surface area contributed by atoms with Crippen LogP contribution in [0.5, 0.6) is 0 Å². The van der Waals surface area contributed by atoms with Gasteiger partial charge in [-0.05, 0) is 27.2 Å². The molecule has 2 aromatic heterocycles. The molecule has 0 N–H and O–H groups in total. The van der Waals surface area contributed by atoms with Crippen molar-refractivity contribution >= 4 is 17.6 Å². The highest BCUT2D eigenvalue weighted by molar-refractivity contribution is 5.68. The molecule has 2 aromatic rings. The Hall–Kier alpha value is -2.38. The maximum atomic E-state index is 12.2. The third kappa shape index (κ3) is 3.52. The number of ether oxygens (including phenoxy) is 1. The van der Waals surface area contributed by atoms with Gasteiger partial charge in [0.1, 0.15) is 11.9 Å². The number of carbonyl (C=O) groups is 1. The summed E-state index contributed by atoms with van der Waals surface area (Å²) in [7, 11) is 0. The summed E-state index contributed by atoms with van der Waals surface area (Å²) >= 11 is 0. The van der Waals surface area contributed by atoms with Crippen LogP contribution in [-0.4, -0.2) is 62.4 Å². The number of nitrogens with zero attached hydrogens (tertiary/aromatic N) is 6. The lowest BCUT2D eigenvalue weighted by molar-refractivity contribution is 0.0263. The lowest BCUT2D eigenvalue weighted by atomic mass is 10.2. The average molecular weight is 318 g/mol. The van der Waals surface area contributed by atoms with Crippen LogP contribution in [0, 0.1) is 0 Å². The first kappa shape index (κ1) is 15.5. The molecule has 0 saturated carbocycles. The van der Waals surface area contributed by atoms with Crippen molar-refractivity contribution in [3.05, 3.63) is 18.7 Å². The van der Waals surface area contributed by atoms with Crippen molar-refractivity contribution in [1.29, 1.82) is 0 Å². The third-order valence-corrected chi connectivity index (χ3v) is 3.64. The van der Waals surface area contributed by atoms with Crippen molar-refractivity contribution in [3.8, 4) is 0 Å². The monoisotopic (exact) mass is 318 g/mol. The second-order valence-electron chi connectivity index (χ2n) is 6.62. The van der Waals surface area contributed by atoms with Crippen molar-refractivity contribution in [2.24, 2.45) is 0 Å². The zero-order valence-electron chi connectivity index (χ0n) is 13.8. The Morgan fingerprint density at radius 1 is 1.22 bits per heavy atom. The van der Waals surface area contributed by atoms with Crippen molar-refractivity contribution < 1.29 is 9.53 Å². The van der Waals surface area contributed by atoms with Gasteiger partial charge in [-0.1, -0.05) is 0 Å². The van der Waals surface area contributed by atoms with Crippen LogP contribution in [0.1, 0.15) is 27.2 Å². The second kappa shape index (κ2) is 6.02. The van der Waals surface area contributed by atoms with E-state index in [0.29, 0.717) is 19.6 Å². The average Bonchev–Trinajstić information content (AvgIpc) is 2.81. The fraction of sp³-hybridized carbons (Fsp3) is 0.600. The number of hydrogen-bond acceptors (Lipinski definition) is 6. The van der Waals surface area contributed by atoms with Crippen LogP contribution in [-0.2, 0) is 4.74 Å². The van der Waals surface area contributed by atoms with Crippen LogP contribution in [0.25, 0.3) is 5.65 Å². The Labute approximate surface area is 135 Å². The molecular weight excluding hydrogens is 296 g/mol. The molecule has 8 nitrogen and oxygen atoms in total. The first-order valence-electron chi connectivity index (χ1n) is 7.81. The van der Waals surface area contributed by atoms with Gasteiger partial charge in [0.05, 0.1) is 0 Å². The largest absolute Gasteiger partial charge is 0.444 e. The molecule has 8 heteroatoms. The van der Waals surface area contributed by atoms with Crippen molar-refractivity contribution in [1.82, 2.24) is 24.5 Å². The van der Waals surface area contributed by atoms with Gasteiger partial charge in [0.15, 0.2) is 5.82 Å². The van der Waals surface area contributed by atoms with Crippen LogP contribution < -0.4 is 4.90 Å². The molecule has 0 aliphatic carbocycles. The van der Waals surface area contributed by atoms with Gasteiger partial charge in [-0.2, -0.15) is 0 Å². The summed E-state index contributed by atoms with van der Waals surface area (Å²) in [6, 6.07) is 0. The molecule has 0 spiro atoms. The zero-order chi connectivity index (χ0) is 16.4. The Balaban J connectivity index is 1.71. The molecule has 1 saturated heterocycles. The van der Waals surface area contributed by atoms with Gasteiger partial charge in [-0.3, -0.25) is 4.40 Å². The standard InChI is InChI=1S/C15H22N6O2/c1-15(2,3)23-14(22)20-7-4-6-19(9-10-20)12-13-18-17-11-21(13)8-5-16-12/h5,8,11H,4,6-7,9-10H2,1-3H3. The van der Waals surface area contributed by atoms with E-state index in [0.717, 1.165) is 24.4 Å². The highest BCUT2D eigenvalue weighted by Gasteiger charge is 2.25. The summed E-state index contributed by atoms with van der Waals surface area (Å²) in [5, 5.41) is 8.06. The first-order chi connectivity index (χ1) is 10.9. The number of carbonyl (C=O) groups excluding carboxylic acids is 1. The topological polar surface area (TPSA) is 75.9 Å². The number of fused-ring (bicyclic) bond motifs is 1. The molecule has 3 heterocycles. The van der Waals surface area contributed by atoms with Gasteiger partial charge in [0, 0.05) is 38.6 Å². The molecule has 3 rings (SSSR count). The highest BCUT2D eigenvalue weighted by Crippen LogP contribution is 2.19. The molecule has 0 unspecified atom stereocenters. The zero-order valence-corrected chi connectivity index (χ0v) is 13.8. The van der Waals surface area contributed by atoms with Gasteiger partial charge in [0.25, 0.3) is 0 Å². The van der Waals surface area contributed by atoms with E-state index >= 15 is 0 Å². The van der Waals surface area contributed by atoms with Gasteiger partial charge in [0.2, 0.25) is 5.65 Å². The quantitative estimate of drug-likeness (QED) is 0.794. The molecule has 1 amide bonds. The smallest absolute Gasteiger partial charge is 0.410 e. The maximum Gasteiger partial charge on any atom is 0.410 e. The predicted octanol–water partition coefficient (Wildman–Crippen LogP) is 1.57. The summed E-state index contributed by atoms with van der Waals surface area (Å²) in [4.78, 5) is 20.6. The lowest BCUT2D eigenvalue weighted by Crippen LogP contribution is -2.39. The molecule has 1 aliphatic heterocycles. The van der Waals surface area contributed by atoms with Crippen molar-refractivity contribution in [2.45, 2.75) is 32.8 Å². The van der Waals surface area contributed by atoms with Crippen LogP contribution in [0.3, 0.4) is 0 Å². The molecule has 1 aliphatic rings. The molecule has 0 bridgehead atoms. The summed E-state index contributed by atoms with van der Waals surface area (Å²) in [5.74, 6) is 0.802. The predicted molar refractivity (Wildman–Crippen MR) is 85.4 cm³/mol. The molecule has 1 fully saturated rings. The van der Waals surface area contributed by atoms with Gasteiger partial charge >= 0.3 is 6.09 Å². The fourth-order valence-corrected chi connectivity index (χ4v) is 2.61. The van der Waals surface area contributed by atoms with E-state index in [4.69, 9.17) is 4.74 Å². The van der Waals surface area contributed by atoms with Gasteiger partial charge in [-0.15, -0.1) is 10.2 Å². The van der Waals surface area contributed by atoms with E-state index in [1.54, 1.807) is 17.4 Å². The van der Waals surface area contributed by atoms with Gasteiger partial charge in [-0.25, -0.2) is 9.78 Å². The molecule has 0 aromatic carbocycles.